The maximum absolute atomic E-state index is 13.2. The summed E-state index contributed by atoms with van der Waals surface area (Å²) in [6.07, 6.45) is 5.10. The summed E-state index contributed by atoms with van der Waals surface area (Å²) in [6, 6.07) is 18.9. The molecule has 1 aromatic heterocycles. The van der Waals surface area contributed by atoms with Crippen molar-refractivity contribution in [3.05, 3.63) is 90.0 Å². The molecule has 1 aliphatic heterocycles. The van der Waals surface area contributed by atoms with Gasteiger partial charge in [0.2, 0.25) is 5.91 Å². The molecule has 1 fully saturated rings. The number of benzene rings is 2. The van der Waals surface area contributed by atoms with Gasteiger partial charge in [0.1, 0.15) is 5.82 Å². The van der Waals surface area contributed by atoms with Crippen LogP contribution < -0.4 is 5.32 Å². The van der Waals surface area contributed by atoms with Gasteiger partial charge in [-0.15, -0.1) is 0 Å². The second-order valence-electron chi connectivity index (χ2n) is 8.07. The molecule has 4 rings (SSSR count). The first kappa shape index (κ1) is 20.2. The number of nitrogens with one attached hydrogen (secondary N) is 1. The molecule has 0 spiro atoms. The van der Waals surface area contributed by atoms with E-state index in [-0.39, 0.29) is 11.7 Å². The van der Waals surface area contributed by atoms with Crippen LogP contribution in [-0.2, 0) is 17.8 Å². The average Bonchev–Trinajstić information content (AvgIpc) is 3.19. The van der Waals surface area contributed by atoms with Gasteiger partial charge >= 0.3 is 0 Å². The maximum atomic E-state index is 13.2. The third-order valence-electron chi connectivity index (χ3n) is 5.93. The minimum Gasteiger partial charge on any atom is -0.359 e. The van der Waals surface area contributed by atoms with Gasteiger partial charge in [-0.1, -0.05) is 42.5 Å². The second-order valence-corrected chi connectivity index (χ2v) is 8.07. The molecule has 1 N–H and O–H groups in total. The van der Waals surface area contributed by atoms with Crippen molar-refractivity contribution in [2.24, 2.45) is 5.41 Å². The highest BCUT2D eigenvalue weighted by molar-refractivity contribution is 5.83. The Labute approximate surface area is 176 Å². The van der Waals surface area contributed by atoms with Crippen LogP contribution in [0, 0.1) is 11.2 Å². The Morgan fingerprint density at radius 1 is 1.10 bits per heavy atom. The molecule has 30 heavy (non-hydrogen) atoms. The van der Waals surface area contributed by atoms with E-state index in [1.807, 2.05) is 36.5 Å². The zero-order valence-electron chi connectivity index (χ0n) is 17.1. The van der Waals surface area contributed by atoms with Gasteiger partial charge in [0, 0.05) is 32.5 Å². The molecule has 0 aliphatic carbocycles. The molecule has 2 heterocycles. The van der Waals surface area contributed by atoms with E-state index in [1.54, 1.807) is 13.2 Å². The van der Waals surface area contributed by atoms with Crippen molar-refractivity contribution in [2.45, 2.75) is 19.4 Å². The first-order valence-corrected chi connectivity index (χ1v) is 10.3. The van der Waals surface area contributed by atoms with Crippen molar-refractivity contribution in [1.29, 1.82) is 0 Å². The number of hydrogen-bond acceptors (Lipinski definition) is 3. The zero-order valence-corrected chi connectivity index (χ0v) is 17.1. The number of carbonyl (C=O) groups excluding carboxylic acids is 1. The topological polar surface area (TPSA) is 45.2 Å². The van der Waals surface area contributed by atoms with Crippen LogP contribution in [0.15, 0.2) is 73.1 Å². The molecule has 1 atom stereocenters. The van der Waals surface area contributed by atoms with E-state index >= 15 is 0 Å². The standard InChI is InChI=1S/C25H26FN3O/c1-27-24(30)25(11-13-29(18-25)17-19-7-9-23(26)10-8-19)15-20-4-2-5-21(14-20)22-6-3-12-28-16-22/h2-10,12,14,16H,11,13,15,17-18H2,1H3,(H,27,30). The van der Waals surface area contributed by atoms with E-state index in [0.29, 0.717) is 13.0 Å². The zero-order chi connectivity index (χ0) is 21.0. The summed E-state index contributed by atoms with van der Waals surface area (Å²) in [5.74, 6) is -0.149. The predicted octanol–water partition coefficient (Wildman–Crippen LogP) is 4.07. The average molecular weight is 404 g/mol. The van der Waals surface area contributed by atoms with Crippen molar-refractivity contribution in [1.82, 2.24) is 15.2 Å². The summed E-state index contributed by atoms with van der Waals surface area (Å²) in [5.41, 5.74) is 3.90. The lowest BCUT2D eigenvalue weighted by Crippen LogP contribution is -2.43. The Hall–Kier alpha value is -3.05. The van der Waals surface area contributed by atoms with E-state index in [9.17, 15) is 9.18 Å². The van der Waals surface area contributed by atoms with Crippen LogP contribution in [0.4, 0.5) is 4.39 Å². The minimum atomic E-state index is -0.470. The van der Waals surface area contributed by atoms with Crippen LogP contribution in [0.2, 0.25) is 0 Å². The van der Waals surface area contributed by atoms with Gasteiger partial charge in [-0.05, 0) is 59.8 Å². The Morgan fingerprint density at radius 3 is 2.63 bits per heavy atom. The van der Waals surface area contributed by atoms with Crippen molar-refractivity contribution >= 4 is 5.91 Å². The molecule has 0 saturated carbocycles. The number of hydrogen-bond donors (Lipinski definition) is 1. The lowest BCUT2D eigenvalue weighted by Gasteiger charge is -2.28. The van der Waals surface area contributed by atoms with Gasteiger partial charge < -0.3 is 5.32 Å². The summed E-state index contributed by atoms with van der Waals surface area (Å²) in [6.45, 7) is 2.24. The van der Waals surface area contributed by atoms with Gasteiger partial charge in [-0.3, -0.25) is 14.7 Å². The van der Waals surface area contributed by atoms with Gasteiger partial charge in [0.05, 0.1) is 5.41 Å². The highest BCUT2D eigenvalue weighted by atomic mass is 19.1. The van der Waals surface area contributed by atoms with Crippen LogP contribution in [0.5, 0.6) is 0 Å². The van der Waals surface area contributed by atoms with Crippen LogP contribution >= 0.6 is 0 Å². The second kappa shape index (κ2) is 8.76. The van der Waals surface area contributed by atoms with Crippen molar-refractivity contribution in [3.63, 3.8) is 0 Å². The molecule has 154 valence electrons. The van der Waals surface area contributed by atoms with Gasteiger partial charge in [-0.2, -0.15) is 0 Å². The molecule has 1 saturated heterocycles. The smallest absolute Gasteiger partial charge is 0.227 e. The van der Waals surface area contributed by atoms with Crippen LogP contribution in [0.1, 0.15) is 17.5 Å². The summed E-state index contributed by atoms with van der Waals surface area (Å²) < 4.78 is 13.2. The molecular weight excluding hydrogens is 377 g/mol. The van der Waals surface area contributed by atoms with Crippen molar-refractivity contribution in [2.75, 3.05) is 20.1 Å². The number of pyridine rings is 1. The fraction of sp³-hybridized carbons (Fsp3) is 0.280. The van der Waals surface area contributed by atoms with Gasteiger partial charge in [-0.25, -0.2) is 4.39 Å². The highest BCUT2D eigenvalue weighted by Gasteiger charge is 2.44. The van der Waals surface area contributed by atoms with E-state index in [1.165, 1.54) is 12.1 Å². The fourth-order valence-corrected chi connectivity index (χ4v) is 4.40. The monoisotopic (exact) mass is 403 g/mol. The summed E-state index contributed by atoms with van der Waals surface area (Å²) in [7, 11) is 1.71. The molecular formula is C25H26FN3O. The van der Waals surface area contributed by atoms with E-state index in [2.05, 4.69) is 33.4 Å². The molecule has 4 nitrogen and oxygen atoms in total. The highest BCUT2D eigenvalue weighted by Crippen LogP contribution is 2.36. The maximum Gasteiger partial charge on any atom is 0.227 e. The number of nitrogens with zero attached hydrogens (tertiary/aromatic N) is 2. The Kier molecular flexibility index (Phi) is 5.91. The molecule has 1 amide bonds. The van der Waals surface area contributed by atoms with E-state index < -0.39 is 5.41 Å². The number of halogens is 1. The Bertz CT molecular complexity index is 1010. The lowest BCUT2D eigenvalue weighted by atomic mass is 9.79. The van der Waals surface area contributed by atoms with Gasteiger partial charge in [0.15, 0.2) is 0 Å². The largest absolute Gasteiger partial charge is 0.359 e. The SMILES string of the molecule is CNC(=O)C1(Cc2cccc(-c3cccnc3)c2)CCN(Cc2ccc(F)cc2)C1. The molecule has 1 unspecified atom stereocenters. The summed E-state index contributed by atoms with van der Waals surface area (Å²) >= 11 is 0. The third kappa shape index (κ3) is 4.41. The molecule has 3 aromatic rings. The Morgan fingerprint density at radius 2 is 1.90 bits per heavy atom. The van der Waals surface area contributed by atoms with E-state index in [0.717, 1.165) is 41.8 Å². The fourth-order valence-electron chi connectivity index (χ4n) is 4.40. The number of carbonyl (C=O) groups is 1. The number of likely N-dealkylation sites (tertiary alicyclic amines) is 1. The predicted molar refractivity (Wildman–Crippen MR) is 116 cm³/mol. The number of amides is 1. The Balaban J connectivity index is 1.54. The summed E-state index contributed by atoms with van der Waals surface area (Å²) in [5, 5.41) is 2.88. The minimum absolute atomic E-state index is 0.0795. The summed E-state index contributed by atoms with van der Waals surface area (Å²) in [4.78, 5) is 19.4. The molecule has 1 aliphatic rings. The van der Waals surface area contributed by atoms with Crippen LogP contribution in [0.25, 0.3) is 11.1 Å². The normalized spacial score (nSPS) is 19.0. The third-order valence-corrected chi connectivity index (χ3v) is 5.93. The quantitative estimate of drug-likeness (QED) is 0.675. The molecule has 5 heteroatoms. The first-order valence-electron chi connectivity index (χ1n) is 10.3. The number of rotatable bonds is 6. The van der Waals surface area contributed by atoms with E-state index in [4.69, 9.17) is 0 Å². The lowest BCUT2D eigenvalue weighted by molar-refractivity contribution is -0.130. The van der Waals surface area contributed by atoms with Crippen LogP contribution in [-0.4, -0.2) is 35.9 Å². The van der Waals surface area contributed by atoms with Crippen molar-refractivity contribution < 1.29 is 9.18 Å². The molecule has 0 bridgehead atoms. The molecule has 2 aromatic carbocycles. The first-order chi connectivity index (χ1) is 14.6. The van der Waals surface area contributed by atoms with Crippen molar-refractivity contribution in [3.8, 4) is 11.1 Å². The number of aromatic nitrogens is 1. The molecule has 0 radical (unpaired) electrons. The van der Waals surface area contributed by atoms with Gasteiger partial charge in [0.25, 0.3) is 0 Å². The van der Waals surface area contributed by atoms with Crippen LogP contribution in [0.3, 0.4) is 0 Å².